The minimum Gasteiger partial charge on any atom is -0.465 e. The Balaban J connectivity index is 5.29. The molecule has 0 spiro atoms. The third kappa shape index (κ3) is 9.95. The van der Waals surface area contributed by atoms with Crippen LogP contribution in [0.5, 0.6) is 0 Å². The number of methoxy groups -OCH3 is 1. The molecule has 0 heterocycles. The summed E-state index contributed by atoms with van der Waals surface area (Å²) in [6.45, 7) is 8.99. The monoisotopic (exact) mass is 397 g/mol. The number of amides is 1. The highest BCUT2D eigenvalue weighted by Gasteiger charge is 2.45. The molecule has 0 aromatic rings. The number of esters is 1. The van der Waals surface area contributed by atoms with Gasteiger partial charge in [-0.2, -0.15) is 8.78 Å². The van der Waals surface area contributed by atoms with E-state index in [1.165, 1.54) is 7.05 Å². The number of halogens is 2. The predicted molar refractivity (Wildman–Crippen MR) is 91.6 cm³/mol. The Kier molecular flexibility index (Phi) is 8.46. The Morgan fingerprint density at radius 2 is 1.44 bits per heavy atom. The largest absolute Gasteiger partial charge is 0.508 e. The van der Waals surface area contributed by atoms with Gasteiger partial charge >= 0.3 is 24.1 Å². The second-order valence-electron chi connectivity index (χ2n) is 7.92. The van der Waals surface area contributed by atoms with Crippen LogP contribution in [0.15, 0.2) is 0 Å². The Bertz CT molecular complexity index is 538. The van der Waals surface area contributed by atoms with Crippen LogP contribution in [0.2, 0.25) is 0 Å². The Morgan fingerprint density at radius 3 is 1.85 bits per heavy atom. The summed E-state index contributed by atoms with van der Waals surface area (Å²) in [5, 5.41) is 0. The molecule has 158 valence electrons. The molecule has 1 atom stereocenters. The highest BCUT2D eigenvalue weighted by molar-refractivity contribution is 5.77. The zero-order chi connectivity index (χ0) is 21.6. The second-order valence-corrected chi connectivity index (χ2v) is 7.92. The molecule has 0 unspecified atom stereocenters. The Morgan fingerprint density at radius 1 is 0.963 bits per heavy atom. The number of ether oxygens (including phenoxy) is 4. The zero-order valence-electron chi connectivity index (χ0n) is 17.1. The molecule has 10 heteroatoms. The molecule has 27 heavy (non-hydrogen) atoms. The molecule has 0 aliphatic rings. The van der Waals surface area contributed by atoms with Gasteiger partial charge in [0.2, 0.25) is 0 Å². The van der Waals surface area contributed by atoms with Crippen LogP contribution in [0.3, 0.4) is 0 Å². The molecule has 0 aliphatic heterocycles. The molecule has 0 aromatic heterocycles. The van der Waals surface area contributed by atoms with Gasteiger partial charge in [-0.15, -0.1) is 0 Å². The number of nitrogens with zero attached hydrogens (tertiary/aromatic N) is 1. The quantitative estimate of drug-likeness (QED) is 0.501. The van der Waals surface area contributed by atoms with E-state index in [4.69, 9.17) is 14.2 Å². The molecule has 0 N–H and O–H groups in total. The van der Waals surface area contributed by atoms with E-state index in [1.54, 1.807) is 41.5 Å². The van der Waals surface area contributed by atoms with E-state index >= 15 is 0 Å². The lowest BCUT2D eigenvalue weighted by molar-refractivity contribution is -0.172. The molecule has 0 aromatic carbocycles. The fraction of sp³-hybridized carbons (Fsp3) is 0.824. The van der Waals surface area contributed by atoms with Crippen molar-refractivity contribution in [2.24, 2.45) is 0 Å². The van der Waals surface area contributed by atoms with Crippen molar-refractivity contribution < 1.29 is 42.1 Å². The maximum Gasteiger partial charge on any atom is 0.508 e. The molecule has 0 saturated heterocycles. The highest BCUT2D eigenvalue weighted by Crippen LogP contribution is 2.25. The summed E-state index contributed by atoms with van der Waals surface area (Å²) in [5.41, 5.74) is -1.72. The van der Waals surface area contributed by atoms with Crippen molar-refractivity contribution in [3.63, 3.8) is 0 Å². The van der Waals surface area contributed by atoms with Crippen molar-refractivity contribution in [1.82, 2.24) is 4.90 Å². The van der Waals surface area contributed by atoms with Gasteiger partial charge in [-0.25, -0.2) is 14.4 Å². The summed E-state index contributed by atoms with van der Waals surface area (Å²) in [6, 6.07) is -1.36. The molecule has 0 aliphatic carbocycles. The normalized spacial score (nSPS) is 13.4. The lowest BCUT2D eigenvalue weighted by Gasteiger charge is -2.32. The third-order valence-corrected chi connectivity index (χ3v) is 2.99. The van der Waals surface area contributed by atoms with E-state index in [9.17, 15) is 23.2 Å². The van der Waals surface area contributed by atoms with Gasteiger partial charge in [-0.3, -0.25) is 0 Å². The topological polar surface area (TPSA) is 91.4 Å². The summed E-state index contributed by atoms with van der Waals surface area (Å²) in [7, 11) is 2.02. The smallest absolute Gasteiger partial charge is 0.465 e. The lowest BCUT2D eigenvalue weighted by Crippen LogP contribution is -2.47. The van der Waals surface area contributed by atoms with Crippen molar-refractivity contribution in [2.45, 2.75) is 71.1 Å². The van der Waals surface area contributed by atoms with Gasteiger partial charge in [0.05, 0.1) is 13.2 Å². The number of likely N-dealkylation sites (N-methyl/N-ethyl adjacent to an activating group) is 1. The van der Waals surface area contributed by atoms with Crippen LogP contribution in [0, 0.1) is 0 Å². The van der Waals surface area contributed by atoms with E-state index in [2.05, 4.69) is 4.74 Å². The van der Waals surface area contributed by atoms with Crippen LogP contribution in [0.1, 0.15) is 48.0 Å². The minimum absolute atomic E-state index is 0.628. The second kappa shape index (κ2) is 9.18. The van der Waals surface area contributed by atoms with Crippen molar-refractivity contribution >= 4 is 18.2 Å². The molecule has 0 rings (SSSR count). The third-order valence-electron chi connectivity index (χ3n) is 2.99. The fourth-order valence-corrected chi connectivity index (χ4v) is 1.76. The van der Waals surface area contributed by atoms with Crippen molar-refractivity contribution in [1.29, 1.82) is 0 Å². The van der Waals surface area contributed by atoms with Crippen LogP contribution in [-0.4, -0.2) is 67.0 Å². The van der Waals surface area contributed by atoms with Gasteiger partial charge in [-0.05, 0) is 41.5 Å². The van der Waals surface area contributed by atoms with Crippen molar-refractivity contribution in [3.05, 3.63) is 0 Å². The summed E-state index contributed by atoms with van der Waals surface area (Å²) in [6.07, 6.45) is -3.13. The summed E-state index contributed by atoms with van der Waals surface area (Å²) in [5.74, 6) is -5.66. The average molecular weight is 397 g/mol. The van der Waals surface area contributed by atoms with Crippen LogP contribution in [0.25, 0.3) is 0 Å². The first-order chi connectivity index (χ1) is 12.0. The van der Waals surface area contributed by atoms with E-state index in [0.29, 0.717) is 0 Å². The Labute approximate surface area is 158 Å². The molecular weight excluding hydrogens is 368 g/mol. The number of carbonyl (C=O) groups is 3. The van der Waals surface area contributed by atoms with Gasteiger partial charge in [-0.1, -0.05) is 0 Å². The maximum atomic E-state index is 14.0. The first-order valence-corrected chi connectivity index (χ1v) is 8.26. The van der Waals surface area contributed by atoms with E-state index < -0.39 is 54.4 Å². The van der Waals surface area contributed by atoms with Crippen molar-refractivity contribution in [2.75, 3.05) is 20.8 Å². The standard InChI is InChI=1S/C17H29F2NO7/c1-15(2,3)26-13(22)20(7)11(9-17(18,19)12(21)24-8)10-25-14(23)27-16(4,5)6/h11H,9-10H2,1-8H3/t11-/m0/s1. The molecule has 0 fully saturated rings. The van der Waals surface area contributed by atoms with E-state index in [0.717, 1.165) is 12.0 Å². The van der Waals surface area contributed by atoms with Crippen LogP contribution in [0.4, 0.5) is 18.4 Å². The maximum absolute atomic E-state index is 14.0. The Hall–Kier alpha value is -2.13. The van der Waals surface area contributed by atoms with Crippen molar-refractivity contribution in [3.8, 4) is 0 Å². The minimum atomic E-state index is -3.90. The molecular formula is C17H29F2NO7. The molecule has 0 bridgehead atoms. The summed E-state index contributed by atoms with van der Waals surface area (Å²) in [4.78, 5) is 36.0. The van der Waals surface area contributed by atoms with Crippen LogP contribution >= 0.6 is 0 Å². The van der Waals surface area contributed by atoms with Gasteiger partial charge in [0.1, 0.15) is 17.8 Å². The fourth-order valence-electron chi connectivity index (χ4n) is 1.76. The SMILES string of the molecule is COC(=O)C(F)(F)C[C@@H](COC(=O)OC(C)(C)C)N(C)C(=O)OC(C)(C)C. The van der Waals surface area contributed by atoms with Gasteiger partial charge < -0.3 is 23.8 Å². The average Bonchev–Trinajstić information content (AvgIpc) is 2.46. The molecule has 0 saturated carbocycles. The molecule has 1 amide bonds. The first kappa shape index (κ1) is 24.9. The molecule has 0 radical (unpaired) electrons. The summed E-state index contributed by atoms with van der Waals surface area (Å²) >= 11 is 0. The number of carbonyl (C=O) groups excluding carboxylic acids is 3. The predicted octanol–water partition coefficient (Wildman–Crippen LogP) is 3.37. The van der Waals surface area contributed by atoms with Gasteiger partial charge in [0.25, 0.3) is 0 Å². The zero-order valence-corrected chi connectivity index (χ0v) is 17.1. The van der Waals surface area contributed by atoms with Gasteiger partial charge in [0.15, 0.2) is 0 Å². The van der Waals surface area contributed by atoms with E-state index in [-0.39, 0.29) is 0 Å². The van der Waals surface area contributed by atoms with E-state index in [1.807, 2.05) is 0 Å². The highest BCUT2D eigenvalue weighted by atomic mass is 19.3. The number of hydrogen-bond acceptors (Lipinski definition) is 7. The number of hydrogen-bond donors (Lipinski definition) is 0. The number of rotatable bonds is 6. The van der Waals surface area contributed by atoms with Crippen LogP contribution in [-0.2, 0) is 23.7 Å². The lowest BCUT2D eigenvalue weighted by atomic mass is 10.1. The number of alkyl halides is 2. The first-order valence-electron chi connectivity index (χ1n) is 8.26. The summed E-state index contributed by atoms with van der Waals surface area (Å²) < 4.78 is 47.0. The molecule has 8 nitrogen and oxygen atoms in total. The van der Waals surface area contributed by atoms with Gasteiger partial charge in [0, 0.05) is 13.5 Å². The van der Waals surface area contributed by atoms with Crippen LogP contribution < -0.4 is 0 Å².